The largest absolute Gasteiger partial charge is 0.0618 e. The molecular formula is C21H20. The highest BCUT2D eigenvalue weighted by molar-refractivity contribution is 5.91. The van der Waals surface area contributed by atoms with Crippen molar-refractivity contribution in [3.05, 3.63) is 63.3 Å². The normalized spacial score (nSPS) is 33.9. The first-order chi connectivity index (χ1) is 10.3. The van der Waals surface area contributed by atoms with Gasteiger partial charge in [0.05, 0.1) is 0 Å². The lowest BCUT2D eigenvalue weighted by atomic mass is 9.62. The van der Waals surface area contributed by atoms with Crippen LogP contribution in [0.3, 0.4) is 0 Å². The maximum absolute atomic E-state index is 2.55. The fourth-order valence-corrected chi connectivity index (χ4v) is 5.84. The highest BCUT2D eigenvalue weighted by Gasteiger charge is 2.50. The Hall–Kier alpha value is -1.56. The van der Waals surface area contributed by atoms with Crippen LogP contribution in [0, 0.1) is 5.41 Å². The fraction of sp³-hybridized carbons (Fsp3) is 0.429. The maximum Gasteiger partial charge on any atom is 0.0316 e. The van der Waals surface area contributed by atoms with E-state index in [0.29, 0.717) is 11.3 Å². The number of benzene rings is 1. The summed E-state index contributed by atoms with van der Waals surface area (Å²) in [6.07, 6.45) is 12.8. The third kappa shape index (κ3) is 1.10. The summed E-state index contributed by atoms with van der Waals surface area (Å²) in [5.74, 6) is 0.649. The molecule has 0 spiro atoms. The third-order valence-electron chi connectivity index (χ3n) is 6.91. The fourth-order valence-electron chi connectivity index (χ4n) is 5.84. The second-order valence-electron chi connectivity index (χ2n) is 7.89. The number of allylic oxidation sites excluding steroid dienone is 6. The van der Waals surface area contributed by atoms with E-state index in [1.165, 1.54) is 38.5 Å². The summed E-state index contributed by atoms with van der Waals surface area (Å²) in [7, 11) is 0. The predicted molar refractivity (Wildman–Crippen MR) is 86.3 cm³/mol. The molecule has 104 valence electrons. The molecule has 2 atom stereocenters. The molecule has 0 heteroatoms. The molecule has 0 aliphatic heterocycles. The van der Waals surface area contributed by atoms with Crippen molar-refractivity contribution in [2.75, 3.05) is 0 Å². The Morgan fingerprint density at radius 3 is 2.76 bits per heavy atom. The van der Waals surface area contributed by atoms with E-state index in [0.717, 1.165) is 0 Å². The van der Waals surface area contributed by atoms with Gasteiger partial charge in [0.2, 0.25) is 0 Å². The first-order valence-electron chi connectivity index (χ1n) is 8.56. The summed E-state index contributed by atoms with van der Waals surface area (Å²) in [5.41, 5.74) is 14.1. The summed E-state index contributed by atoms with van der Waals surface area (Å²) in [6.45, 7) is 2.55. The van der Waals surface area contributed by atoms with E-state index in [1.807, 2.05) is 0 Å². The SMILES string of the molecule is CC12CCC3=CC=C4CCc5ccc(c6c5C4C3=C61)CC2. The van der Waals surface area contributed by atoms with Crippen LogP contribution >= 0.6 is 0 Å². The van der Waals surface area contributed by atoms with Gasteiger partial charge in [-0.15, -0.1) is 0 Å². The highest BCUT2D eigenvalue weighted by atomic mass is 14.5. The summed E-state index contributed by atoms with van der Waals surface area (Å²) >= 11 is 0. The van der Waals surface area contributed by atoms with Gasteiger partial charge in [0.25, 0.3) is 0 Å². The average Bonchev–Trinajstić information content (AvgIpc) is 2.89. The van der Waals surface area contributed by atoms with Gasteiger partial charge >= 0.3 is 0 Å². The lowest BCUT2D eigenvalue weighted by molar-refractivity contribution is 0.358. The first-order valence-corrected chi connectivity index (χ1v) is 8.56. The molecule has 0 bridgehead atoms. The van der Waals surface area contributed by atoms with Crippen LogP contribution in [0.5, 0.6) is 0 Å². The molecule has 0 nitrogen and oxygen atoms in total. The zero-order valence-corrected chi connectivity index (χ0v) is 12.6. The molecule has 5 aliphatic carbocycles. The minimum absolute atomic E-state index is 0.453. The average molecular weight is 272 g/mol. The van der Waals surface area contributed by atoms with Gasteiger partial charge in [0.1, 0.15) is 0 Å². The van der Waals surface area contributed by atoms with Crippen LogP contribution in [-0.2, 0) is 12.8 Å². The molecule has 0 amide bonds. The summed E-state index contributed by atoms with van der Waals surface area (Å²) in [4.78, 5) is 0. The first kappa shape index (κ1) is 11.1. The second-order valence-corrected chi connectivity index (χ2v) is 7.89. The van der Waals surface area contributed by atoms with Gasteiger partial charge in [-0.1, -0.05) is 36.8 Å². The van der Waals surface area contributed by atoms with E-state index in [-0.39, 0.29) is 0 Å². The van der Waals surface area contributed by atoms with Gasteiger partial charge in [-0.25, -0.2) is 0 Å². The molecule has 21 heavy (non-hydrogen) atoms. The molecule has 6 rings (SSSR count). The van der Waals surface area contributed by atoms with Gasteiger partial charge in [0, 0.05) is 5.92 Å². The number of hydrogen-bond donors (Lipinski definition) is 0. The van der Waals surface area contributed by atoms with E-state index in [1.54, 1.807) is 44.5 Å². The summed E-state index contributed by atoms with van der Waals surface area (Å²) < 4.78 is 0. The smallest absolute Gasteiger partial charge is 0.0316 e. The molecular weight excluding hydrogens is 252 g/mol. The van der Waals surface area contributed by atoms with E-state index < -0.39 is 0 Å². The zero-order chi connectivity index (χ0) is 13.8. The molecule has 1 aromatic carbocycles. The Bertz CT molecular complexity index is 815. The van der Waals surface area contributed by atoms with Crippen LogP contribution in [0.15, 0.2) is 41.0 Å². The third-order valence-corrected chi connectivity index (χ3v) is 6.91. The van der Waals surface area contributed by atoms with Crippen molar-refractivity contribution in [1.82, 2.24) is 0 Å². The predicted octanol–water partition coefficient (Wildman–Crippen LogP) is 5.10. The zero-order valence-electron chi connectivity index (χ0n) is 12.6. The van der Waals surface area contributed by atoms with E-state index in [4.69, 9.17) is 0 Å². The Balaban J connectivity index is 1.83. The molecule has 0 saturated heterocycles. The molecule has 0 radical (unpaired) electrons. The van der Waals surface area contributed by atoms with E-state index in [2.05, 4.69) is 31.2 Å². The number of aryl methyl sites for hydroxylation is 2. The lowest BCUT2D eigenvalue weighted by Crippen LogP contribution is -2.28. The van der Waals surface area contributed by atoms with Crippen molar-refractivity contribution in [2.24, 2.45) is 5.41 Å². The summed E-state index contributed by atoms with van der Waals surface area (Å²) in [6, 6.07) is 4.90. The summed E-state index contributed by atoms with van der Waals surface area (Å²) in [5, 5.41) is 0. The second kappa shape index (κ2) is 3.27. The van der Waals surface area contributed by atoms with Crippen LogP contribution in [0.25, 0.3) is 5.57 Å². The lowest BCUT2D eigenvalue weighted by Gasteiger charge is -2.42. The van der Waals surface area contributed by atoms with E-state index >= 15 is 0 Å². The molecule has 0 saturated carbocycles. The van der Waals surface area contributed by atoms with Gasteiger partial charge in [-0.2, -0.15) is 0 Å². The standard InChI is InChI=1S/C21H20/c1-21-10-8-14-6-4-12-2-3-13-5-7-15(9-11-21)19-17(13)16(12)18(14)20(19)21/h4-7,16H,2-3,8-11H2,1H3. The topological polar surface area (TPSA) is 0 Å². The minimum Gasteiger partial charge on any atom is -0.0618 e. The van der Waals surface area contributed by atoms with Crippen molar-refractivity contribution in [1.29, 1.82) is 0 Å². The number of rotatable bonds is 0. The van der Waals surface area contributed by atoms with Gasteiger partial charge in [-0.05, 0) is 82.9 Å². The van der Waals surface area contributed by atoms with Crippen LogP contribution in [0.1, 0.15) is 60.8 Å². The molecule has 5 aliphatic rings. The quantitative estimate of drug-likeness (QED) is 0.616. The maximum atomic E-state index is 2.55. The highest BCUT2D eigenvalue weighted by Crippen LogP contribution is 2.65. The Morgan fingerprint density at radius 1 is 0.952 bits per heavy atom. The Labute approximate surface area is 126 Å². The monoisotopic (exact) mass is 272 g/mol. The molecule has 0 N–H and O–H groups in total. The van der Waals surface area contributed by atoms with Crippen LogP contribution < -0.4 is 0 Å². The minimum atomic E-state index is 0.453. The van der Waals surface area contributed by atoms with Gasteiger partial charge in [0.15, 0.2) is 0 Å². The molecule has 0 heterocycles. The van der Waals surface area contributed by atoms with Crippen molar-refractivity contribution >= 4 is 5.57 Å². The van der Waals surface area contributed by atoms with Crippen molar-refractivity contribution in [2.45, 2.75) is 51.4 Å². The van der Waals surface area contributed by atoms with Crippen LogP contribution in [-0.4, -0.2) is 0 Å². The number of hydrogen-bond acceptors (Lipinski definition) is 0. The van der Waals surface area contributed by atoms with Crippen LogP contribution in [0.2, 0.25) is 0 Å². The Morgan fingerprint density at radius 2 is 1.81 bits per heavy atom. The van der Waals surface area contributed by atoms with Gasteiger partial charge in [-0.3, -0.25) is 0 Å². The van der Waals surface area contributed by atoms with Gasteiger partial charge < -0.3 is 0 Å². The molecule has 0 fully saturated rings. The molecule has 2 unspecified atom stereocenters. The van der Waals surface area contributed by atoms with Crippen molar-refractivity contribution in [3.8, 4) is 0 Å². The van der Waals surface area contributed by atoms with Crippen LogP contribution in [0.4, 0.5) is 0 Å². The molecule has 1 aromatic rings. The Kier molecular flexibility index (Phi) is 1.72. The van der Waals surface area contributed by atoms with Crippen molar-refractivity contribution in [3.63, 3.8) is 0 Å². The van der Waals surface area contributed by atoms with Crippen molar-refractivity contribution < 1.29 is 0 Å². The molecule has 0 aromatic heterocycles. The van der Waals surface area contributed by atoms with E-state index in [9.17, 15) is 0 Å².